The Balaban J connectivity index is 2.21. The molecule has 1 amide bonds. The summed E-state index contributed by atoms with van der Waals surface area (Å²) in [5.74, 6) is 0.689. The molecule has 4 atom stereocenters. The number of nitrogens with one attached hydrogen (secondary N) is 1. The Morgan fingerprint density at radius 3 is 2.67 bits per heavy atom. The second kappa shape index (κ2) is 13.5. The summed E-state index contributed by atoms with van der Waals surface area (Å²) in [4.78, 5) is 11.9. The molecule has 0 heterocycles. The molecule has 1 rings (SSSR count). The molecule has 0 aromatic carbocycles. The van der Waals surface area contributed by atoms with E-state index in [2.05, 4.69) is 44.0 Å². The molecule has 0 bridgehead atoms. The molecule has 1 saturated carbocycles. The summed E-state index contributed by atoms with van der Waals surface area (Å²) in [5, 5.41) is 12.3. The van der Waals surface area contributed by atoms with Gasteiger partial charge in [-0.05, 0) is 51.4 Å². The first-order chi connectivity index (χ1) is 13.0. The van der Waals surface area contributed by atoms with Crippen LogP contribution in [-0.4, -0.2) is 36.9 Å². The predicted octanol–water partition coefficient (Wildman–Crippen LogP) is 4.33. The highest BCUT2D eigenvalue weighted by atomic mass is 16.5. The van der Waals surface area contributed by atoms with Crippen molar-refractivity contribution >= 4 is 5.91 Å². The third kappa shape index (κ3) is 10.3. The second-order valence-electron chi connectivity index (χ2n) is 7.48. The minimum absolute atomic E-state index is 0.0601. The van der Waals surface area contributed by atoms with Gasteiger partial charge in [-0.25, -0.2) is 0 Å². The number of carbonyl (C=O) groups is 1. The molecule has 1 fully saturated rings. The van der Waals surface area contributed by atoms with Gasteiger partial charge in [-0.3, -0.25) is 4.79 Å². The number of hydrogen-bond donors (Lipinski definition) is 2. The van der Waals surface area contributed by atoms with E-state index in [9.17, 15) is 9.90 Å². The van der Waals surface area contributed by atoms with Crippen LogP contribution >= 0.6 is 0 Å². The van der Waals surface area contributed by atoms with Crippen molar-refractivity contribution in [3.8, 4) is 0 Å². The van der Waals surface area contributed by atoms with Crippen LogP contribution in [0.2, 0.25) is 0 Å². The average molecular weight is 376 g/mol. The van der Waals surface area contributed by atoms with Crippen LogP contribution in [0.15, 0.2) is 48.6 Å². The lowest BCUT2D eigenvalue weighted by atomic mass is 10.1. The maximum absolute atomic E-state index is 11.9. The fourth-order valence-corrected chi connectivity index (χ4v) is 2.90. The number of allylic oxidation sites excluding steroid dienone is 5. The molecule has 0 aromatic rings. The van der Waals surface area contributed by atoms with Crippen molar-refractivity contribution in [2.75, 3.05) is 13.7 Å². The highest BCUT2D eigenvalue weighted by Gasteiger charge is 2.39. The second-order valence-corrected chi connectivity index (χ2v) is 7.48. The Bertz CT molecular complexity index is 536. The Morgan fingerprint density at radius 2 is 2.07 bits per heavy atom. The zero-order valence-corrected chi connectivity index (χ0v) is 17.2. The van der Waals surface area contributed by atoms with Gasteiger partial charge in [0.2, 0.25) is 5.91 Å². The molecular weight excluding hydrogens is 338 g/mol. The maximum Gasteiger partial charge on any atom is 0.223 e. The Labute approximate surface area is 165 Å². The Hall–Kier alpha value is -1.65. The van der Waals surface area contributed by atoms with Gasteiger partial charge in [-0.1, -0.05) is 49.0 Å². The first kappa shape index (κ1) is 23.4. The summed E-state index contributed by atoms with van der Waals surface area (Å²) in [6, 6.07) is -0.277. The molecule has 0 radical (unpaired) electrons. The molecule has 0 aliphatic heterocycles. The fourth-order valence-electron chi connectivity index (χ4n) is 2.90. The smallest absolute Gasteiger partial charge is 0.223 e. The van der Waals surface area contributed by atoms with Crippen molar-refractivity contribution in [3.05, 3.63) is 48.6 Å². The minimum atomic E-state index is -0.277. The van der Waals surface area contributed by atoms with Crippen LogP contribution in [0, 0.1) is 11.8 Å². The lowest BCUT2D eigenvalue weighted by molar-refractivity contribution is -0.123. The van der Waals surface area contributed by atoms with Gasteiger partial charge in [0.1, 0.15) is 0 Å². The molecule has 1 aliphatic carbocycles. The zero-order chi connectivity index (χ0) is 20.1. The van der Waals surface area contributed by atoms with Crippen molar-refractivity contribution in [2.45, 2.75) is 64.5 Å². The van der Waals surface area contributed by atoms with Gasteiger partial charge in [0.25, 0.3) is 0 Å². The summed E-state index contributed by atoms with van der Waals surface area (Å²) in [7, 11) is 1.75. The van der Waals surface area contributed by atoms with Crippen LogP contribution < -0.4 is 5.32 Å². The van der Waals surface area contributed by atoms with Crippen molar-refractivity contribution in [1.29, 1.82) is 0 Å². The van der Waals surface area contributed by atoms with Gasteiger partial charge >= 0.3 is 0 Å². The molecule has 0 aromatic heterocycles. The Morgan fingerprint density at radius 1 is 1.37 bits per heavy atom. The maximum atomic E-state index is 11.9. The average Bonchev–Trinajstić information content (AvgIpc) is 3.39. The van der Waals surface area contributed by atoms with E-state index >= 15 is 0 Å². The number of aliphatic hydroxyl groups is 1. The molecule has 0 spiro atoms. The number of carbonyl (C=O) groups excluding carboxylic acids is 1. The molecule has 4 heteroatoms. The van der Waals surface area contributed by atoms with E-state index in [1.54, 1.807) is 7.11 Å². The van der Waals surface area contributed by atoms with Gasteiger partial charge in [-0.15, -0.1) is 6.58 Å². The molecular formula is C23H37NO3. The van der Waals surface area contributed by atoms with E-state index in [0.29, 0.717) is 5.92 Å². The summed E-state index contributed by atoms with van der Waals surface area (Å²) in [6.07, 6.45) is 18.2. The van der Waals surface area contributed by atoms with Crippen LogP contribution in [-0.2, 0) is 9.53 Å². The van der Waals surface area contributed by atoms with Gasteiger partial charge in [0.15, 0.2) is 0 Å². The van der Waals surface area contributed by atoms with E-state index in [-0.39, 0.29) is 30.6 Å². The summed E-state index contributed by atoms with van der Waals surface area (Å²) >= 11 is 0. The summed E-state index contributed by atoms with van der Waals surface area (Å²) < 4.78 is 5.42. The number of rotatable bonds is 14. The Kier molecular flexibility index (Phi) is 11.7. The molecule has 0 saturated heterocycles. The highest BCUT2D eigenvalue weighted by Crippen LogP contribution is 2.37. The largest absolute Gasteiger partial charge is 0.394 e. The fraction of sp³-hybridized carbons (Fsp3) is 0.609. The topological polar surface area (TPSA) is 58.6 Å². The van der Waals surface area contributed by atoms with Crippen molar-refractivity contribution in [2.24, 2.45) is 11.8 Å². The lowest BCUT2D eigenvalue weighted by Gasteiger charge is -2.12. The lowest BCUT2D eigenvalue weighted by Crippen LogP contribution is -2.37. The molecule has 152 valence electrons. The monoisotopic (exact) mass is 375 g/mol. The zero-order valence-electron chi connectivity index (χ0n) is 17.2. The molecule has 2 N–H and O–H groups in total. The SMILES string of the molecule is C=CC[C@@H](CC/C(C)=C/C=C/CC/C=C\[C@H](CO)NC(=O)[C@@H]1C[C@@H]1C)OC. The van der Waals surface area contributed by atoms with Gasteiger partial charge < -0.3 is 15.2 Å². The number of unbranched alkanes of at least 4 members (excludes halogenated alkanes) is 1. The summed E-state index contributed by atoms with van der Waals surface area (Å²) in [5.41, 5.74) is 1.34. The van der Waals surface area contributed by atoms with Gasteiger partial charge in [0, 0.05) is 13.0 Å². The first-order valence-electron chi connectivity index (χ1n) is 10.1. The number of amides is 1. The number of aliphatic hydroxyl groups excluding tert-OH is 1. The van der Waals surface area contributed by atoms with Crippen LogP contribution in [0.1, 0.15) is 52.4 Å². The van der Waals surface area contributed by atoms with Crippen LogP contribution in [0.25, 0.3) is 0 Å². The van der Waals surface area contributed by atoms with E-state index < -0.39 is 0 Å². The van der Waals surface area contributed by atoms with E-state index in [0.717, 1.165) is 38.5 Å². The normalized spacial score (nSPS) is 22.1. The van der Waals surface area contributed by atoms with Gasteiger partial charge in [0.05, 0.1) is 18.8 Å². The van der Waals surface area contributed by atoms with E-state index in [1.165, 1.54) is 5.57 Å². The molecule has 1 aliphatic rings. The van der Waals surface area contributed by atoms with E-state index in [4.69, 9.17) is 4.74 Å². The predicted molar refractivity (Wildman–Crippen MR) is 112 cm³/mol. The first-order valence-corrected chi connectivity index (χ1v) is 10.1. The van der Waals surface area contributed by atoms with Crippen LogP contribution in [0.4, 0.5) is 0 Å². The number of ether oxygens (including phenoxy) is 1. The quantitative estimate of drug-likeness (QED) is 0.270. The molecule has 0 unspecified atom stereocenters. The van der Waals surface area contributed by atoms with Crippen LogP contribution in [0.5, 0.6) is 0 Å². The van der Waals surface area contributed by atoms with Crippen LogP contribution in [0.3, 0.4) is 0 Å². The van der Waals surface area contributed by atoms with E-state index in [1.807, 2.05) is 18.2 Å². The number of methoxy groups -OCH3 is 1. The molecule has 4 nitrogen and oxygen atoms in total. The summed E-state index contributed by atoms with van der Waals surface area (Å²) in [6.45, 7) is 7.91. The third-order valence-electron chi connectivity index (χ3n) is 4.98. The standard InChI is InChI=1S/C23H37NO3/c1-5-11-21(27-4)15-14-18(2)12-9-7-6-8-10-13-20(17-25)24-23(26)22-16-19(22)3/h5,7,9-10,12-13,19-22,25H,1,6,8,11,14-17H2,2-4H3,(H,24,26)/b9-7+,13-10-,18-12+/t19-,20+,21-,22+/m0/s1. The third-order valence-corrected chi connectivity index (χ3v) is 4.98. The van der Waals surface area contributed by atoms with Gasteiger partial charge in [-0.2, -0.15) is 0 Å². The van der Waals surface area contributed by atoms with Crippen molar-refractivity contribution in [1.82, 2.24) is 5.32 Å². The van der Waals surface area contributed by atoms with Crippen molar-refractivity contribution < 1.29 is 14.6 Å². The highest BCUT2D eigenvalue weighted by molar-refractivity contribution is 5.81. The number of hydrogen-bond acceptors (Lipinski definition) is 3. The van der Waals surface area contributed by atoms with Crippen molar-refractivity contribution in [3.63, 3.8) is 0 Å². The minimum Gasteiger partial charge on any atom is -0.394 e. The molecule has 27 heavy (non-hydrogen) atoms.